The number of fused-ring (bicyclic) bond motifs is 4. The molecule has 0 aromatic heterocycles. The third-order valence-electron chi connectivity index (χ3n) is 13.9. The van der Waals surface area contributed by atoms with Crippen LogP contribution in [0.25, 0.3) is 27.6 Å². The maximum absolute atomic E-state index is 2.51. The highest BCUT2D eigenvalue weighted by molar-refractivity contribution is 5.87. The first-order chi connectivity index (χ1) is 31.9. The molecule has 10 rings (SSSR count). The number of allylic oxidation sites excluding steroid dienone is 7. The van der Waals surface area contributed by atoms with Gasteiger partial charge < -0.3 is 4.90 Å². The van der Waals surface area contributed by atoms with E-state index in [1.54, 1.807) is 0 Å². The summed E-state index contributed by atoms with van der Waals surface area (Å²) in [6.07, 6.45) is 24.2. The molecular formula is C64H63N. The zero-order valence-corrected chi connectivity index (χ0v) is 38.9. The standard InChI is InChI=1S/C45H45N.C19H18/c1-5-46-44-24-19-35(28-42(44)30-41-25-32(3)33(4)26-45(41)46)27-40(37-12-7-6-8-13-37)23-22-36-21-18-34-11-9-14-38-15-10-16-39(43(38)29-34)20-17-31(36)2;1-2-8-16(9-3-1)10-6-12-18-14-7-13-17-11-4-5-15-19(17)18/h6-13,15-21,24-26,28-29,40H,5,14,22-23,27,30H2,1-4H3;1-2,4-8,10-11,13-15H,3,9,12H2/b;10-6+. The fraction of sp³-hybridized carbons (Fsp3) is 0.219. The van der Waals surface area contributed by atoms with E-state index >= 15 is 0 Å². The van der Waals surface area contributed by atoms with Gasteiger partial charge >= 0.3 is 0 Å². The summed E-state index contributed by atoms with van der Waals surface area (Å²) >= 11 is 0. The molecule has 1 heterocycles. The second-order valence-corrected chi connectivity index (χ2v) is 18.3. The van der Waals surface area contributed by atoms with Crippen LogP contribution in [0.3, 0.4) is 0 Å². The van der Waals surface area contributed by atoms with Gasteiger partial charge in [-0.1, -0.05) is 176 Å². The van der Waals surface area contributed by atoms with E-state index in [1.165, 1.54) is 113 Å². The minimum Gasteiger partial charge on any atom is -0.341 e. The van der Waals surface area contributed by atoms with Crippen LogP contribution in [0.2, 0.25) is 0 Å². The molecule has 0 N–H and O–H groups in total. The molecule has 0 saturated heterocycles. The molecule has 2 aliphatic carbocycles. The van der Waals surface area contributed by atoms with E-state index < -0.39 is 0 Å². The Morgan fingerprint density at radius 2 is 1.40 bits per heavy atom. The lowest BCUT2D eigenvalue weighted by Gasteiger charge is -2.34. The van der Waals surface area contributed by atoms with Crippen LogP contribution < -0.4 is 4.90 Å². The topological polar surface area (TPSA) is 3.24 Å². The number of rotatable bonds is 10. The van der Waals surface area contributed by atoms with Crippen LogP contribution in [0.4, 0.5) is 11.4 Å². The van der Waals surface area contributed by atoms with Crippen LogP contribution in [-0.2, 0) is 32.1 Å². The van der Waals surface area contributed by atoms with Crippen LogP contribution in [0.1, 0.15) is 93.3 Å². The van der Waals surface area contributed by atoms with Crippen molar-refractivity contribution in [2.45, 2.75) is 85.0 Å². The lowest BCUT2D eigenvalue weighted by atomic mass is 9.85. The molecule has 1 aliphatic heterocycles. The predicted octanol–water partition coefficient (Wildman–Crippen LogP) is 16.7. The van der Waals surface area contributed by atoms with Crippen LogP contribution >= 0.6 is 0 Å². The minimum atomic E-state index is 0.440. The molecule has 1 unspecified atom stereocenters. The molecule has 0 spiro atoms. The van der Waals surface area contributed by atoms with Gasteiger partial charge in [-0.05, 0) is 185 Å². The number of aryl methyl sites for hydroxylation is 4. The molecule has 0 fully saturated rings. The third kappa shape index (κ3) is 10.3. The Morgan fingerprint density at radius 1 is 0.615 bits per heavy atom. The van der Waals surface area contributed by atoms with Crippen molar-refractivity contribution in [3.05, 3.63) is 255 Å². The highest BCUT2D eigenvalue weighted by atomic mass is 15.1. The monoisotopic (exact) mass is 845 g/mol. The Labute approximate surface area is 388 Å². The quantitative estimate of drug-likeness (QED) is 0.133. The zero-order valence-electron chi connectivity index (χ0n) is 38.9. The molecule has 0 amide bonds. The molecule has 0 saturated carbocycles. The van der Waals surface area contributed by atoms with Crippen molar-refractivity contribution in [2.24, 2.45) is 0 Å². The molecule has 3 aliphatic rings. The van der Waals surface area contributed by atoms with Gasteiger partial charge in [0.1, 0.15) is 0 Å². The van der Waals surface area contributed by atoms with Crippen molar-refractivity contribution in [1.82, 2.24) is 0 Å². The van der Waals surface area contributed by atoms with Crippen molar-refractivity contribution in [3.8, 4) is 0 Å². The summed E-state index contributed by atoms with van der Waals surface area (Å²) < 4.78 is 0. The average Bonchev–Trinajstić information content (AvgIpc) is 3.56. The number of nitrogens with zero attached hydrogens (tertiary/aromatic N) is 1. The van der Waals surface area contributed by atoms with E-state index in [2.05, 4.69) is 227 Å². The summed E-state index contributed by atoms with van der Waals surface area (Å²) in [5, 5.41) is 5.35. The van der Waals surface area contributed by atoms with Crippen molar-refractivity contribution in [2.75, 3.05) is 11.4 Å². The maximum atomic E-state index is 2.51. The van der Waals surface area contributed by atoms with Gasteiger partial charge in [0, 0.05) is 24.3 Å². The molecule has 1 nitrogen and oxygen atoms in total. The lowest BCUT2D eigenvalue weighted by Crippen LogP contribution is -2.23. The zero-order chi connectivity index (χ0) is 44.5. The van der Waals surface area contributed by atoms with Crippen LogP contribution in [-0.4, -0.2) is 6.54 Å². The summed E-state index contributed by atoms with van der Waals surface area (Å²) in [6, 6.07) is 56.8. The highest BCUT2D eigenvalue weighted by Crippen LogP contribution is 2.41. The van der Waals surface area contributed by atoms with E-state index in [1.807, 2.05) is 0 Å². The second kappa shape index (κ2) is 20.4. The van der Waals surface area contributed by atoms with Gasteiger partial charge in [0.15, 0.2) is 0 Å². The molecule has 324 valence electrons. The molecule has 65 heavy (non-hydrogen) atoms. The fourth-order valence-electron chi connectivity index (χ4n) is 10.1. The van der Waals surface area contributed by atoms with Gasteiger partial charge in [0.2, 0.25) is 0 Å². The van der Waals surface area contributed by atoms with Gasteiger partial charge in [-0.25, -0.2) is 0 Å². The maximum Gasteiger partial charge on any atom is 0.0449 e. The lowest BCUT2D eigenvalue weighted by molar-refractivity contribution is 0.620. The molecular weight excluding hydrogens is 783 g/mol. The summed E-state index contributed by atoms with van der Waals surface area (Å²) in [6.45, 7) is 9.99. The van der Waals surface area contributed by atoms with Gasteiger partial charge in [-0.15, -0.1) is 0 Å². The largest absolute Gasteiger partial charge is 0.341 e. The van der Waals surface area contributed by atoms with Gasteiger partial charge in [0.25, 0.3) is 0 Å². The highest BCUT2D eigenvalue weighted by Gasteiger charge is 2.23. The Bertz CT molecular complexity index is 3010. The van der Waals surface area contributed by atoms with E-state index in [4.69, 9.17) is 0 Å². The van der Waals surface area contributed by atoms with Crippen LogP contribution in [0.5, 0.6) is 0 Å². The summed E-state index contributed by atoms with van der Waals surface area (Å²) in [7, 11) is 0. The van der Waals surface area contributed by atoms with Crippen LogP contribution in [0.15, 0.2) is 194 Å². The van der Waals surface area contributed by atoms with Gasteiger partial charge in [0.05, 0.1) is 0 Å². The fourth-order valence-corrected chi connectivity index (χ4v) is 10.1. The SMILES string of the molecule is C1=CCCC(/C=C/Cc2cccc3ccccc23)=C1.CCN1c2ccc(CC(CCc3ccc4cc5c(cccc5ccc3C)CC=C4)c3ccccc3)cc2Cc2cc(C)c(C)cc21. The smallest absolute Gasteiger partial charge is 0.0449 e. The van der Waals surface area contributed by atoms with E-state index in [9.17, 15) is 0 Å². The Morgan fingerprint density at radius 3 is 2.25 bits per heavy atom. The first-order valence-corrected chi connectivity index (χ1v) is 24.0. The van der Waals surface area contributed by atoms with Crippen molar-refractivity contribution >= 4 is 39.0 Å². The van der Waals surface area contributed by atoms with Crippen molar-refractivity contribution in [3.63, 3.8) is 0 Å². The summed E-state index contributed by atoms with van der Waals surface area (Å²) in [4.78, 5) is 2.51. The first kappa shape index (κ1) is 43.5. The molecule has 0 radical (unpaired) electrons. The Balaban J connectivity index is 0.000000233. The molecule has 7 aromatic carbocycles. The third-order valence-corrected chi connectivity index (χ3v) is 13.9. The van der Waals surface area contributed by atoms with Gasteiger partial charge in [-0.2, -0.15) is 0 Å². The molecule has 7 aromatic rings. The number of benzene rings is 6. The summed E-state index contributed by atoms with van der Waals surface area (Å²) in [5.74, 6) is 0.440. The predicted molar refractivity (Wildman–Crippen MR) is 281 cm³/mol. The number of hydrogen-bond acceptors (Lipinski definition) is 1. The van der Waals surface area contributed by atoms with E-state index in [-0.39, 0.29) is 0 Å². The summed E-state index contributed by atoms with van der Waals surface area (Å²) in [5.41, 5.74) is 19.5. The Kier molecular flexibility index (Phi) is 13.7. The van der Waals surface area contributed by atoms with E-state index in [0.717, 1.165) is 45.1 Å². The molecule has 2 bridgehead atoms. The molecule has 1 heteroatoms. The number of anilines is 2. The number of hydrogen-bond donors (Lipinski definition) is 0. The average molecular weight is 846 g/mol. The Hall–Kier alpha value is -6.70. The minimum absolute atomic E-state index is 0.440. The van der Waals surface area contributed by atoms with Crippen molar-refractivity contribution in [1.29, 1.82) is 0 Å². The molecule has 1 atom stereocenters. The first-order valence-electron chi connectivity index (χ1n) is 24.0. The van der Waals surface area contributed by atoms with Crippen LogP contribution in [0, 0.1) is 20.8 Å². The normalized spacial score (nSPS) is 14.0. The van der Waals surface area contributed by atoms with E-state index in [0.29, 0.717) is 5.92 Å². The van der Waals surface area contributed by atoms with Gasteiger partial charge in [-0.3, -0.25) is 0 Å². The van der Waals surface area contributed by atoms with Crippen molar-refractivity contribution < 1.29 is 0 Å². The second-order valence-electron chi connectivity index (χ2n) is 18.3.